The maximum atomic E-state index is 5.71. The number of hydrogen-bond acceptors (Lipinski definition) is 4. The average Bonchev–Trinajstić information content (AvgIpc) is 2.64. The van der Waals surface area contributed by atoms with Gasteiger partial charge in [0, 0.05) is 6.20 Å². The van der Waals surface area contributed by atoms with Crippen LogP contribution in [0.15, 0.2) is 24.5 Å². The highest BCUT2D eigenvalue weighted by molar-refractivity contribution is 5.73. The minimum atomic E-state index is 0.557. The van der Waals surface area contributed by atoms with Crippen molar-refractivity contribution in [1.29, 1.82) is 0 Å². The number of rotatable bonds is 2. The smallest absolute Gasteiger partial charge is 0.146 e. The molecule has 0 radical (unpaired) electrons. The number of ether oxygens (including phenoxy) is 1. The number of nitrogens with zero attached hydrogens (tertiary/aromatic N) is 2. The standard InChI is InChI=1S/C9H10N4O/c1-14-7-3-2-4-11-9(7)8-6(10)5-12-13-8/h2-5H,10H2,1H3,(H,12,13). The van der Waals surface area contributed by atoms with E-state index in [1.54, 1.807) is 25.6 Å². The molecule has 0 aliphatic carbocycles. The predicted molar refractivity (Wildman–Crippen MR) is 52.8 cm³/mol. The van der Waals surface area contributed by atoms with Crippen LogP contribution >= 0.6 is 0 Å². The topological polar surface area (TPSA) is 76.8 Å². The maximum Gasteiger partial charge on any atom is 0.146 e. The molecule has 2 aromatic heterocycles. The van der Waals surface area contributed by atoms with E-state index in [1.807, 2.05) is 6.07 Å². The van der Waals surface area contributed by atoms with E-state index in [0.717, 1.165) is 0 Å². The van der Waals surface area contributed by atoms with Gasteiger partial charge in [-0.3, -0.25) is 10.1 Å². The van der Waals surface area contributed by atoms with E-state index < -0.39 is 0 Å². The van der Waals surface area contributed by atoms with E-state index in [2.05, 4.69) is 15.2 Å². The minimum Gasteiger partial charge on any atom is -0.494 e. The van der Waals surface area contributed by atoms with Gasteiger partial charge in [0.25, 0.3) is 0 Å². The van der Waals surface area contributed by atoms with Crippen LogP contribution in [0.3, 0.4) is 0 Å². The van der Waals surface area contributed by atoms with Crippen LogP contribution in [0.2, 0.25) is 0 Å². The van der Waals surface area contributed by atoms with Gasteiger partial charge >= 0.3 is 0 Å². The van der Waals surface area contributed by atoms with Crippen molar-refractivity contribution in [3.05, 3.63) is 24.5 Å². The third-order valence-corrected chi connectivity index (χ3v) is 1.90. The van der Waals surface area contributed by atoms with Gasteiger partial charge in [0.2, 0.25) is 0 Å². The maximum absolute atomic E-state index is 5.71. The number of nitrogen functional groups attached to an aromatic ring is 1. The molecule has 0 saturated carbocycles. The molecule has 2 heterocycles. The highest BCUT2D eigenvalue weighted by Crippen LogP contribution is 2.28. The van der Waals surface area contributed by atoms with Gasteiger partial charge < -0.3 is 10.5 Å². The quantitative estimate of drug-likeness (QED) is 0.742. The molecule has 0 unspecified atom stereocenters. The molecule has 0 saturated heterocycles. The Balaban J connectivity index is 2.56. The molecule has 3 N–H and O–H groups in total. The van der Waals surface area contributed by atoms with E-state index >= 15 is 0 Å². The van der Waals surface area contributed by atoms with Crippen LogP contribution in [0.5, 0.6) is 5.75 Å². The Morgan fingerprint density at radius 3 is 3.00 bits per heavy atom. The summed E-state index contributed by atoms with van der Waals surface area (Å²) in [7, 11) is 1.59. The van der Waals surface area contributed by atoms with Crippen molar-refractivity contribution in [2.24, 2.45) is 0 Å². The molecule has 5 nitrogen and oxygen atoms in total. The Bertz CT molecular complexity index is 438. The lowest BCUT2D eigenvalue weighted by molar-refractivity contribution is 0.414. The molecule has 0 aliphatic heterocycles. The summed E-state index contributed by atoms with van der Waals surface area (Å²) in [5.74, 6) is 0.670. The Hall–Kier alpha value is -2.04. The summed E-state index contributed by atoms with van der Waals surface area (Å²) in [5, 5.41) is 6.61. The first-order valence-electron chi connectivity index (χ1n) is 4.11. The van der Waals surface area contributed by atoms with Gasteiger partial charge in [-0.25, -0.2) is 0 Å². The average molecular weight is 190 g/mol. The van der Waals surface area contributed by atoms with Gasteiger partial charge in [0.1, 0.15) is 17.1 Å². The lowest BCUT2D eigenvalue weighted by Crippen LogP contribution is -1.93. The zero-order chi connectivity index (χ0) is 9.97. The van der Waals surface area contributed by atoms with Crippen LogP contribution in [-0.2, 0) is 0 Å². The number of H-pyrrole nitrogens is 1. The molecule has 0 amide bonds. The first-order chi connectivity index (χ1) is 6.83. The number of aromatic amines is 1. The van der Waals surface area contributed by atoms with Gasteiger partial charge in [-0.05, 0) is 12.1 Å². The van der Waals surface area contributed by atoms with E-state index in [0.29, 0.717) is 22.8 Å². The molecule has 0 spiro atoms. The fourth-order valence-electron chi connectivity index (χ4n) is 1.23. The zero-order valence-corrected chi connectivity index (χ0v) is 7.69. The second kappa shape index (κ2) is 3.37. The van der Waals surface area contributed by atoms with Gasteiger partial charge in [0.15, 0.2) is 0 Å². The van der Waals surface area contributed by atoms with Crippen molar-refractivity contribution in [3.63, 3.8) is 0 Å². The Morgan fingerprint density at radius 2 is 2.36 bits per heavy atom. The highest BCUT2D eigenvalue weighted by Gasteiger charge is 2.10. The van der Waals surface area contributed by atoms with Crippen molar-refractivity contribution in [3.8, 4) is 17.1 Å². The lowest BCUT2D eigenvalue weighted by atomic mass is 10.2. The molecule has 72 valence electrons. The van der Waals surface area contributed by atoms with Crippen molar-refractivity contribution in [2.75, 3.05) is 12.8 Å². The largest absolute Gasteiger partial charge is 0.494 e. The second-order valence-electron chi connectivity index (χ2n) is 2.75. The Morgan fingerprint density at radius 1 is 1.50 bits per heavy atom. The number of nitrogens with two attached hydrogens (primary N) is 1. The minimum absolute atomic E-state index is 0.557. The Labute approximate surface area is 80.9 Å². The monoisotopic (exact) mass is 190 g/mol. The number of aromatic nitrogens is 3. The number of nitrogens with one attached hydrogen (secondary N) is 1. The molecule has 0 aliphatic rings. The molecular formula is C9H10N4O. The summed E-state index contributed by atoms with van der Waals surface area (Å²) in [4.78, 5) is 4.18. The van der Waals surface area contributed by atoms with Crippen LogP contribution in [0.4, 0.5) is 5.69 Å². The van der Waals surface area contributed by atoms with E-state index in [-0.39, 0.29) is 0 Å². The third kappa shape index (κ3) is 1.28. The molecule has 0 atom stereocenters. The van der Waals surface area contributed by atoms with Crippen molar-refractivity contribution in [2.45, 2.75) is 0 Å². The molecule has 5 heteroatoms. The number of anilines is 1. The van der Waals surface area contributed by atoms with E-state index in [9.17, 15) is 0 Å². The van der Waals surface area contributed by atoms with Crippen LogP contribution in [0.25, 0.3) is 11.4 Å². The summed E-state index contributed by atoms with van der Waals surface area (Å²) < 4.78 is 5.16. The summed E-state index contributed by atoms with van der Waals surface area (Å²) >= 11 is 0. The molecule has 0 aromatic carbocycles. The van der Waals surface area contributed by atoms with Crippen molar-refractivity contribution in [1.82, 2.24) is 15.2 Å². The van der Waals surface area contributed by atoms with Crippen LogP contribution in [0.1, 0.15) is 0 Å². The second-order valence-corrected chi connectivity index (χ2v) is 2.75. The van der Waals surface area contributed by atoms with Gasteiger partial charge in [-0.1, -0.05) is 0 Å². The van der Waals surface area contributed by atoms with Crippen LogP contribution in [-0.4, -0.2) is 22.3 Å². The highest BCUT2D eigenvalue weighted by atomic mass is 16.5. The summed E-state index contributed by atoms with van der Waals surface area (Å²) in [6, 6.07) is 3.62. The van der Waals surface area contributed by atoms with Gasteiger partial charge in [-0.15, -0.1) is 0 Å². The number of hydrogen-bond donors (Lipinski definition) is 2. The molecule has 0 fully saturated rings. The van der Waals surface area contributed by atoms with Crippen LogP contribution < -0.4 is 10.5 Å². The SMILES string of the molecule is COc1cccnc1-c1[nH]ncc1N. The molecule has 2 rings (SSSR count). The number of pyridine rings is 1. The summed E-state index contributed by atoms with van der Waals surface area (Å²) in [6.07, 6.45) is 3.22. The van der Waals surface area contributed by atoms with Crippen molar-refractivity contribution >= 4 is 5.69 Å². The molecule has 0 bridgehead atoms. The predicted octanol–water partition coefficient (Wildman–Crippen LogP) is 1.06. The fraction of sp³-hybridized carbons (Fsp3) is 0.111. The van der Waals surface area contributed by atoms with E-state index in [4.69, 9.17) is 10.5 Å². The number of methoxy groups -OCH3 is 1. The lowest BCUT2D eigenvalue weighted by Gasteiger charge is -2.04. The molecular weight excluding hydrogens is 180 g/mol. The zero-order valence-electron chi connectivity index (χ0n) is 7.69. The van der Waals surface area contributed by atoms with Gasteiger partial charge in [0.05, 0.1) is 19.0 Å². The molecule has 2 aromatic rings. The van der Waals surface area contributed by atoms with Gasteiger partial charge in [-0.2, -0.15) is 5.10 Å². The molecule has 14 heavy (non-hydrogen) atoms. The third-order valence-electron chi connectivity index (χ3n) is 1.90. The Kier molecular flexibility index (Phi) is 2.06. The summed E-state index contributed by atoms with van der Waals surface area (Å²) in [5.41, 5.74) is 7.62. The summed E-state index contributed by atoms with van der Waals surface area (Å²) in [6.45, 7) is 0. The van der Waals surface area contributed by atoms with Crippen LogP contribution in [0, 0.1) is 0 Å². The fourth-order valence-corrected chi connectivity index (χ4v) is 1.23. The first-order valence-corrected chi connectivity index (χ1v) is 4.11. The van der Waals surface area contributed by atoms with E-state index in [1.165, 1.54) is 0 Å². The normalized spacial score (nSPS) is 10.1. The van der Waals surface area contributed by atoms with Crippen molar-refractivity contribution < 1.29 is 4.74 Å². The first kappa shape index (κ1) is 8.55.